The number of carbonyl (C=O) groups is 1. The molecule has 0 atom stereocenters. The van der Waals surface area contributed by atoms with E-state index in [1.165, 1.54) is 23.7 Å². The van der Waals surface area contributed by atoms with Crippen LogP contribution in [0.5, 0.6) is 0 Å². The van der Waals surface area contributed by atoms with E-state index in [-0.39, 0.29) is 11.7 Å². The van der Waals surface area contributed by atoms with Gasteiger partial charge in [0.15, 0.2) is 0 Å². The summed E-state index contributed by atoms with van der Waals surface area (Å²) < 4.78 is 25.9. The van der Waals surface area contributed by atoms with Crippen LogP contribution < -0.4 is 10.0 Å². The molecule has 0 unspecified atom stereocenters. The Labute approximate surface area is 155 Å². The lowest BCUT2D eigenvalue weighted by Gasteiger charge is -2.11. The lowest BCUT2D eigenvalue weighted by atomic mass is 10.0. The Hall–Kier alpha value is -2.18. The summed E-state index contributed by atoms with van der Waals surface area (Å²) >= 11 is 0. The Bertz CT molecular complexity index is 876. The summed E-state index contributed by atoms with van der Waals surface area (Å²) in [5.74, 6) is -0.144. The minimum atomic E-state index is -3.35. The Kier molecular flexibility index (Phi) is 6.94. The third kappa shape index (κ3) is 5.97. The van der Waals surface area contributed by atoms with Crippen LogP contribution in [0.4, 0.5) is 0 Å². The zero-order valence-corrected chi connectivity index (χ0v) is 16.3. The predicted octanol–water partition coefficient (Wildman–Crippen LogP) is 2.60. The standard InChI is InChI=1S/C20H26N2O3S/c1-15-8-9-17(16(2)12-15)10-11-20(23)22-13-18-6-4-5-7-19(18)14-26(24,25)21-3/h4-9,12,21H,10-11,13-14H2,1-3H3,(H,22,23). The van der Waals surface area contributed by atoms with Crippen molar-refractivity contribution < 1.29 is 13.2 Å². The van der Waals surface area contributed by atoms with Gasteiger partial charge in [-0.3, -0.25) is 4.79 Å². The summed E-state index contributed by atoms with van der Waals surface area (Å²) in [6.45, 7) is 4.43. The minimum Gasteiger partial charge on any atom is -0.352 e. The fourth-order valence-corrected chi connectivity index (χ4v) is 3.64. The number of rotatable bonds is 8. The van der Waals surface area contributed by atoms with E-state index in [4.69, 9.17) is 0 Å². The highest BCUT2D eigenvalue weighted by Gasteiger charge is 2.12. The SMILES string of the molecule is CNS(=O)(=O)Cc1ccccc1CNC(=O)CCc1ccc(C)cc1C. The van der Waals surface area contributed by atoms with Gasteiger partial charge < -0.3 is 5.32 Å². The average molecular weight is 375 g/mol. The summed E-state index contributed by atoms with van der Waals surface area (Å²) in [4.78, 5) is 12.2. The lowest BCUT2D eigenvalue weighted by Crippen LogP contribution is -2.25. The first-order chi connectivity index (χ1) is 12.3. The van der Waals surface area contributed by atoms with Crippen molar-refractivity contribution in [2.45, 2.75) is 39.0 Å². The van der Waals surface area contributed by atoms with E-state index in [9.17, 15) is 13.2 Å². The molecule has 2 aromatic rings. The molecule has 2 rings (SSSR count). The van der Waals surface area contributed by atoms with Gasteiger partial charge in [-0.15, -0.1) is 0 Å². The zero-order chi connectivity index (χ0) is 19.2. The van der Waals surface area contributed by atoms with Crippen LogP contribution in [0.3, 0.4) is 0 Å². The molecule has 6 heteroatoms. The molecule has 140 valence electrons. The minimum absolute atomic E-state index is 0.0451. The Morgan fingerprint density at radius 3 is 2.35 bits per heavy atom. The second kappa shape index (κ2) is 8.96. The maximum absolute atomic E-state index is 12.2. The molecular formula is C20H26N2O3S. The van der Waals surface area contributed by atoms with E-state index in [0.29, 0.717) is 24.9 Å². The highest BCUT2D eigenvalue weighted by atomic mass is 32.2. The van der Waals surface area contributed by atoms with Crippen LogP contribution in [0, 0.1) is 13.8 Å². The molecule has 2 aromatic carbocycles. The average Bonchev–Trinajstić information content (AvgIpc) is 2.60. The van der Waals surface area contributed by atoms with Crippen molar-refractivity contribution in [2.75, 3.05) is 7.05 Å². The summed E-state index contributed by atoms with van der Waals surface area (Å²) in [5.41, 5.74) is 5.08. The normalized spacial score (nSPS) is 11.3. The van der Waals surface area contributed by atoms with Gasteiger partial charge in [-0.05, 0) is 49.6 Å². The molecule has 1 amide bonds. The summed E-state index contributed by atoms with van der Waals surface area (Å²) in [5, 5.41) is 2.89. The second-order valence-corrected chi connectivity index (χ2v) is 8.37. The number of nitrogens with one attached hydrogen (secondary N) is 2. The van der Waals surface area contributed by atoms with Crippen LogP contribution >= 0.6 is 0 Å². The van der Waals surface area contributed by atoms with Crippen molar-refractivity contribution in [1.82, 2.24) is 10.0 Å². The zero-order valence-electron chi connectivity index (χ0n) is 15.5. The third-order valence-corrected chi connectivity index (χ3v) is 5.68. The topological polar surface area (TPSA) is 75.3 Å². The number of benzene rings is 2. The molecule has 0 aliphatic carbocycles. The number of carbonyl (C=O) groups excluding carboxylic acids is 1. The van der Waals surface area contributed by atoms with Crippen molar-refractivity contribution >= 4 is 15.9 Å². The van der Waals surface area contributed by atoms with Gasteiger partial charge in [0.05, 0.1) is 5.75 Å². The van der Waals surface area contributed by atoms with Gasteiger partial charge in [-0.25, -0.2) is 13.1 Å². The van der Waals surface area contributed by atoms with Gasteiger partial charge in [-0.2, -0.15) is 0 Å². The first-order valence-corrected chi connectivity index (χ1v) is 10.3. The number of sulfonamides is 1. The molecular weight excluding hydrogens is 348 g/mol. The molecule has 0 aliphatic rings. The second-order valence-electron chi connectivity index (χ2n) is 6.44. The number of hydrogen-bond acceptors (Lipinski definition) is 3. The molecule has 5 nitrogen and oxygen atoms in total. The number of aryl methyl sites for hydroxylation is 3. The largest absolute Gasteiger partial charge is 0.352 e. The van der Waals surface area contributed by atoms with E-state index in [0.717, 1.165) is 5.56 Å². The molecule has 2 N–H and O–H groups in total. The predicted molar refractivity (Wildman–Crippen MR) is 104 cm³/mol. The van der Waals surface area contributed by atoms with Crippen LogP contribution in [-0.4, -0.2) is 21.4 Å². The highest BCUT2D eigenvalue weighted by Crippen LogP contribution is 2.14. The Morgan fingerprint density at radius 2 is 1.69 bits per heavy atom. The lowest BCUT2D eigenvalue weighted by molar-refractivity contribution is -0.121. The molecule has 26 heavy (non-hydrogen) atoms. The Morgan fingerprint density at radius 1 is 1.00 bits per heavy atom. The van der Waals surface area contributed by atoms with Crippen molar-refractivity contribution in [3.63, 3.8) is 0 Å². The molecule has 0 radical (unpaired) electrons. The molecule has 0 spiro atoms. The monoisotopic (exact) mass is 374 g/mol. The fourth-order valence-electron chi connectivity index (χ4n) is 2.80. The molecule has 0 aromatic heterocycles. The van der Waals surface area contributed by atoms with Crippen LogP contribution in [0.25, 0.3) is 0 Å². The van der Waals surface area contributed by atoms with Gasteiger partial charge >= 0.3 is 0 Å². The third-order valence-electron chi connectivity index (χ3n) is 4.37. The molecule has 0 saturated heterocycles. The van der Waals surface area contributed by atoms with Gasteiger partial charge in [-0.1, -0.05) is 48.0 Å². The molecule has 0 fully saturated rings. The first kappa shape index (κ1) is 20.1. The van der Waals surface area contributed by atoms with E-state index >= 15 is 0 Å². The van der Waals surface area contributed by atoms with Gasteiger partial charge in [0, 0.05) is 13.0 Å². The van der Waals surface area contributed by atoms with Crippen molar-refractivity contribution in [1.29, 1.82) is 0 Å². The number of amides is 1. The highest BCUT2D eigenvalue weighted by molar-refractivity contribution is 7.88. The first-order valence-electron chi connectivity index (χ1n) is 8.61. The van der Waals surface area contributed by atoms with Gasteiger partial charge in [0.2, 0.25) is 15.9 Å². The van der Waals surface area contributed by atoms with Gasteiger partial charge in [0.25, 0.3) is 0 Å². The maximum Gasteiger partial charge on any atom is 0.220 e. The van der Waals surface area contributed by atoms with Crippen molar-refractivity contribution in [2.24, 2.45) is 0 Å². The van der Waals surface area contributed by atoms with Crippen LogP contribution in [-0.2, 0) is 33.5 Å². The van der Waals surface area contributed by atoms with Gasteiger partial charge in [0.1, 0.15) is 0 Å². The quantitative estimate of drug-likeness (QED) is 0.746. The molecule has 0 bridgehead atoms. The van der Waals surface area contributed by atoms with Crippen LogP contribution in [0.1, 0.15) is 34.2 Å². The molecule has 0 aliphatic heterocycles. The van der Waals surface area contributed by atoms with E-state index < -0.39 is 10.0 Å². The summed E-state index contributed by atoms with van der Waals surface area (Å²) in [7, 11) is -1.96. The van der Waals surface area contributed by atoms with E-state index in [2.05, 4.69) is 42.1 Å². The van der Waals surface area contributed by atoms with Crippen LogP contribution in [0.2, 0.25) is 0 Å². The van der Waals surface area contributed by atoms with E-state index in [1.807, 2.05) is 12.1 Å². The smallest absolute Gasteiger partial charge is 0.220 e. The summed E-state index contributed by atoms with van der Waals surface area (Å²) in [6, 6.07) is 13.5. The van der Waals surface area contributed by atoms with Crippen molar-refractivity contribution in [3.8, 4) is 0 Å². The molecule has 0 heterocycles. The van der Waals surface area contributed by atoms with Crippen LogP contribution in [0.15, 0.2) is 42.5 Å². The fraction of sp³-hybridized carbons (Fsp3) is 0.350. The van der Waals surface area contributed by atoms with Crippen molar-refractivity contribution in [3.05, 3.63) is 70.3 Å². The van der Waals surface area contributed by atoms with E-state index in [1.54, 1.807) is 12.1 Å². The summed E-state index contributed by atoms with van der Waals surface area (Å²) in [6.07, 6.45) is 1.09. The maximum atomic E-state index is 12.2. The molecule has 0 saturated carbocycles. The number of hydrogen-bond donors (Lipinski definition) is 2. The Balaban J connectivity index is 1.93.